The van der Waals surface area contributed by atoms with E-state index in [2.05, 4.69) is 42.2 Å². The highest BCUT2D eigenvalue weighted by molar-refractivity contribution is 5.56. The van der Waals surface area contributed by atoms with Crippen molar-refractivity contribution in [3.63, 3.8) is 0 Å². The van der Waals surface area contributed by atoms with Gasteiger partial charge in [-0.15, -0.1) is 0 Å². The van der Waals surface area contributed by atoms with Crippen molar-refractivity contribution in [1.82, 2.24) is 10.1 Å². The first kappa shape index (κ1) is 13.4. The Balaban J connectivity index is 1.87. The molecule has 106 valence electrons. The summed E-state index contributed by atoms with van der Waals surface area (Å²) in [6.45, 7) is 4.14. The first-order chi connectivity index (χ1) is 10.1. The van der Waals surface area contributed by atoms with Gasteiger partial charge in [0, 0.05) is 5.56 Å². The van der Waals surface area contributed by atoms with Crippen molar-refractivity contribution in [3.8, 4) is 17.1 Å². The molecule has 0 spiro atoms. The Labute approximate surface area is 123 Å². The molecular weight excluding hydrogens is 264 g/mol. The quantitative estimate of drug-likeness (QED) is 0.795. The summed E-state index contributed by atoms with van der Waals surface area (Å²) in [5, 5.41) is 13.5. The Morgan fingerprint density at radius 2 is 1.95 bits per heavy atom. The van der Waals surface area contributed by atoms with Crippen molar-refractivity contribution in [2.45, 2.75) is 20.3 Å². The normalized spacial score (nSPS) is 10.8. The van der Waals surface area contributed by atoms with E-state index >= 15 is 0 Å². The van der Waals surface area contributed by atoms with Crippen molar-refractivity contribution >= 4 is 0 Å². The molecule has 1 aromatic heterocycles. The zero-order chi connectivity index (χ0) is 14.8. The molecule has 21 heavy (non-hydrogen) atoms. The molecule has 0 aliphatic rings. The molecule has 0 saturated carbocycles. The number of hydrogen-bond acceptors (Lipinski definition) is 4. The van der Waals surface area contributed by atoms with Crippen LogP contribution in [0.3, 0.4) is 0 Å². The lowest BCUT2D eigenvalue weighted by molar-refractivity contribution is 0.385. The van der Waals surface area contributed by atoms with E-state index in [0.717, 1.165) is 5.56 Å². The van der Waals surface area contributed by atoms with Crippen LogP contribution in [0.5, 0.6) is 5.75 Å². The molecule has 0 radical (unpaired) electrons. The van der Waals surface area contributed by atoms with Gasteiger partial charge in [0.25, 0.3) is 0 Å². The molecule has 0 amide bonds. The van der Waals surface area contributed by atoms with E-state index in [4.69, 9.17) is 4.52 Å². The van der Waals surface area contributed by atoms with Crippen LogP contribution < -0.4 is 0 Å². The van der Waals surface area contributed by atoms with E-state index in [1.165, 1.54) is 16.7 Å². The lowest BCUT2D eigenvalue weighted by atomic mass is 10.0. The van der Waals surface area contributed by atoms with Crippen LogP contribution in [0.1, 0.15) is 22.6 Å². The minimum atomic E-state index is 0.188. The van der Waals surface area contributed by atoms with Gasteiger partial charge in [0.15, 0.2) is 0 Å². The fourth-order valence-electron chi connectivity index (χ4n) is 2.24. The number of benzene rings is 2. The molecule has 0 fully saturated rings. The molecule has 3 rings (SSSR count). The molecule has 3 aromatic rings. The zero-order valence-corrected chi connectivity index (χ0v) is 12.0. The predicted molar refractivity (Wildman–Crippen MR) is 80.1 cm³/mol. The SMILES string of the molecule is Cc1ccc(C)c(Cc2nc(-c3cccc(O)c3)no2)c1. The lowest BCUT2D eigenvalue weighted by Crippen LogP contribution is -1.93. The average molecular weight is 280 g/mol. The van der Waals surface area contributed by atoms with Crippen LogP contribution in [-0.4, -0.2) is 15.2 Å². The number of rotatable bonds is 3. The summed E-state index contributed by atoms with van der Waals surface area (Å²) in [4.78, 5) is 4.40. The predicted octanol–water partition coefficient (Wildman–Crippen LogP) is 3.65. The number of hydrogen-bond donors (Lipinski definition) is 1. The summed E-state index contributed by atoms with van der Waals surface area (Å²) in [6, 6.07) is 13.1. The van der Waals surface area contributed by atoms with Crippen LogP contribution in [0, 0.1) is 13.8 Å². The number of aromatic hydroxyl groups is 1. The first-order valence-electron chi connectivity index (χ1n) is 6.80. The van der Waals surface area contributed by atoms with E-state index < -0.39 is 0 Å². The van der Waals surface area contributed by atoms with Crippen molar-refractivity contribution in [3.05, 3.63) is 65.0 Å². The van der Waals surface area contributed by atoms with Crippen LogP contribution >= 0.6 is 0 Å². The molecule has 0 unspecified atom stereocenters. The summed E-state index contributed by atoms with van der Waals surface area (Å²) in [5.74, 6) is 1.25. The molecule has 0 aliphatic carbocycles. The van der Waals surface area contributed by atoms with Gasteiger partial charge in [-0.3, -0.25) is 0 Å². The number of nitrogens with zero attached hydrogens (tertiary/aromatic N) is 2. The second kappa shape index (κ2) is 5.40. The van der Waals surface area contributed by atoms with Crippen LogP contribution in [0.2, 0.25) is 0 Å². The van der Waals surface area contributed by atoms with Crippen molar-refractivity contribution in [2.24, 2.45) is 0 Å². The second-order valence-electron chi connectivity index (χ2n) is 5.17. The molecule has 0 saturated heterocycles. The van der Waals surface area contributed by atoms with Crippen molar-refractivity contribution < 1.29 is 9.63 Å². The molecule has 0 bridgehead atoms. The van der Waals surface area contributed by atoms with Gasteiger partial charge in [0.1, 0.15) is 5.75 Å². The number of aromatic nitrogens is 2. The topological polar surface area (TPSA) is 59.2 Å². The van der Waals surface area contributed by atoms with Crippen molar-refractivity contribution in [2.75, 3.05) is 0 Å². The highest BCUT2D eigenvalue weighted by Gasteiger charge is 2.11. The molecule has 4 nitrogen and oxygen atoms in total. The van der Waals surface area contributed by atoms with E-state index in [0.29, 0.717) is 18.1 Å². The fraction of sp³-hybridized carbons (Fsp3) is 0.176. The maximum atomic E-state index is 9.50. The first-order valence-corrected chi connectivity index (χ1v) is 6.80. The van der Waals surface area contributed by atoms with Crippen LogP contribution in [0.15, 0.2) is 47.0 Å². The highest BCUT2D eigenvalue weighted by atomic mass is 16.5. The molecule has 0 atom stereocenters. The standard InChI is InChI=1S/C17H16N2O2/c1-11-6-7-12(2)14(8-11)10-16-18-17(19-21-16)13-4-3-5-15(20)9-13/h3-9,20H,10H2,1-2H3. The van der Waals surface area contributed by atoms with Crippen molar-refractivity contribution in [1.29, 1.82) is 0 Å². The Hall–Kier alpha value is -2.62. The largest absolute Gasteiger partial charge is 0.508 e. The van der Waals surface area contributed by atoms with Gasteiger partial charge in [-0.05, 0) is 37.1 Å². The third-order valence-corrected chi connectivity index (χ3v) is 3.42. The van der Waals surface area contributed by atoms with Gasteiger partial charge in [0.2, 0.25) is 11.7 Å². The third-order valence-electron chi connectivity index (χ3n) is 3.42. The summed E-state index contributed by atoms with van der Waals surface area (Å²) in [6.07, 6.45) is 0.610. The Bertz CT molecular complexity index is 778. The maximum absolute atomic E-state index is 9.50. The fourth-order valence-corrected chi connectivity index (χ4v) is 2.24. The van der Waals surface area contributed by atoms with Gasteiger partial charge in [-0.25, -0.2) is 0 Å². The van der Waals surface area contributed by atoms with Crippen LogP contribution in [0.4, 0.5) is 0 Å². The molecule has 1 heterocycles. The second-order valence-corrected chi connectivity index (χ2v) is 5.17. The number of phenols is 1. The minimum absolute atomic E-state index is 0.188. The van der Waals surface area contributed by atoms with Crippen LogP contribution in [0.25, 0.3) is 11.4 Å². The van der Waals surface area contributed by atoms with E-state index in [1.807, 2.05) is 6.07 Å². The summed E-state index contributed by atoms with van der Waals surface area (Å²) < 4.78 is 5.31. The Morgan fingerprint density at radius 1 is 1.10 bits per heavy atom. The van der Waals surface area contributed by atoms with Gasteiger partial charge in [-0.2, -0.15) is 4.98 Å². The molecule has 0 aliphatic heterocycles. The van der Waals surface area contributed by atoms with E-state index in [9.17, 15) is 5.11 Å². The summed E-state index contributed by atoms with van der Waals surface area (Å²) >= 11 is 0. The zero-order valence-electron chi connectivity index (χ0n) is 12.0. The van der Waals surface area contributed by atoms with Gasteiger partial charge < -0.3 is 9.63 Å². The minimum Gasteiger partial charge on any atom is -0.508 e. The third kappa shape index (κ3) is 2.94. The number of aryl methyl sites for hydroxylation is 2. The average Bonchev–Trinajstić information content (AvgIpc) is 2.91. The molecule has 4 heteroatoms. The van der Waals surface area contributed by atoms with E-state index in [-0.39, 0.29) is 5.75 Å². The monoisotopic (exact) mass is 280 g/mol. The lowest BCUT2D eigenvalue weighted by Gasteiger charge is -2.03. The smallest absolute Gasteiger partial charge is 0.231 e. The van der Waals surface area contributed by atoms with Gasteiger partial charge in [0.05, 0.1) is 6.42 Å². The van der Waals surface area contributed by atoms with Gasteiger partial charge in [-0.1, -0.05) is 41.1 Å². The van der Waals surface area contributed by atoms with Crippen LogP contribution in [-0.2, 0) is 6.42 Å². The Kier molecular flexibility index (Phi) is 3.44. The molecule has 2 aromatic carbocycles. The summed E-state index contributed by atoms with van der Waals surface area (Å²) in [7, 11) is 0. The van der Waals surface area contributed by atoms with Gasteiger partial charge >= 0.3 is 0 Å². The summed E-state index contributed by atoms with van der Waals surface area (Å²) in [5.41, 5.74) is 4.34. The Morgan fingerprint density at radius 3 is 2.76 bits per heavy atom. The maximum Gasteiger partial charge on any atom is 0.231 e. The van der Waals surface area contributed by atoms with E-state index in [1.54, 1.807) is 18.2 Å². The highest BCUT2D eigenvalue weighted by Crippen LogP contribution is 2.22. The number of phenolic OH excluding ortho intramolecular Hbond substituents is 1. The molecular formula is C17H16N2O2. The molecule has 1 N–H and O–H groups in total.